The van der Waals surface area contributed by atoms with Crippen molar-refractivity contribution in [1.29, 1.82) is 0 Å². The van der Waals surface area contributed by atoms with Gasteiger partial charge in [0, 0.05) is 14.0 Å². The van der Waals surface area contributed by atoms with E-state index in [4.69, 9.17) is 10.2 Å². The maximum atomic E-state index is 11.5. The summed E-state index contributed by atoms with van der Waals surface area (Å²) >= 11 is 0. The molecule has 1 aromatic carbocycles. The zero-order valence-corrected chi connectivity index (χ0v) is 10.4. The van der Waals surface area contributed by atoms with E-state index >= 15 is 0 Å². The molecule has 6 heteroatoms. The van der Waals surface area contributed by atoms with Crippen molar-refractivity contribution in [3.63, 3.8) is 0 Å². The number of fused-ring (bicyclic) bond motifs is 1. The van der Waals surface area contributed by atoms with E-state index in [0.29, 0.717) is 17.9 Å². The largest absolute Gasteiger partial charge is 0.441 e. The van der Waals surface area contributed by atoms with Gasteiger partial charge in [0.15, 0.2) is 11.5 Å². The molecule has 0 spiro atoms. The summed E-state index contributed by atoms with van der Waals surface area (Å²) in [6.45, 7) is 1.80. The summed E-state index contributed by atoms with van der Waals surface area (Å²) in [7, 11) is 1.62. The molecule has 1 atom stereocenters. The third kappa shape index (κ3) is 2.66. The first-order valence-electron chi connectivity index (χ1n) is 5.68. The lowest BCUT2D eigenvalue weighted by Gasteiger charge is -2.11. The molecule has 0 aliphatic carbocycles. The number of benzene rings is 1. The van der Waals surface area contributed by atoms with Gasteiger partial charge in [-0.2, -0.15) is 0 Å². The fraction of sp³-hybridized carbons (Fsp3) is 0.333. The Labute approximate surface area is 105 Å². The number of aromatic nitrogens is 1. The maximum Gasteiger partial charge on any atom is 0.251 e. The van der Waals surface area contributed by atoms with Crippen LogP contribution >= 0.6 is 0 Å². The molecule has 96 valence electrons. The molecule has 6 nitrogen and oxygen atoms in total. The Morgan fingerprint density at radius 1 is 1.56 bits per heavy atom. The molecular formula is C12H16N4O2. The SMILES string of the molecule is CNNC(=O)C(N)Cc1ccc2nc(C)oc2c1. The van der Waals surface area contributed by atoms with E-state index in [1.807, 2.05) is 18.2 Å². The number of oxazole rings is 1. The molecule has 0 saturated heterocycles. The minimum absolute atomic E-state index is 0.244. The Balaban J connectivity index is 2.13. The van der Waals surface area contributed by atoms with Crippen LogP contribution in [0.25, 0.3) is 11.1 Å². The second kappa shape index (κ2) is 5.16. The summed E-state index contributed by atoms with van der Waals surface area (Å²) in [6, 6.07) is 5.03. The summed E-state index contributed by atoms with van der Waals surface area (Å²) in [5.41, 5.74) is 13.3. The second-order valence-corrected chi connectivity index (χ2v) is 4.08. The van der Waals surface area contributed by atoms with Gasteiger partial charge in [-0.25, -0.2) is 10.4 Å². The number of carbonyl (C=O) groups is 1. The molecule has 0 aliphatic rings. The number of aryl methyl sites for hydroxylation is 1. The van der Waals surface area contributed by atoms with Crippen LogP contribution in [0.15, 0.2) is 22.6 Å². The molecular weight excluding hydrogens is 232 g/mol. The van der Waals surface area contributed by atoms with Gasteiger partial charge in [-0.1, -0.05) is 6.07 Å². The number of carbonyl (C=O) groups excluding carboxylic acids is 1. The van der Waals surface area contributed by atoms with E-state index in [0.717, 1.165) is 11.1 Å². The van der Waals surface area contributed by atoms with E-state index in [2.05, 4.69) is 15.8 Å². The number of hydrogen-bond acceptors (Lipinski definition) is 5. The lowest BCUT2D eigenvalue weighted by molar-refractivity contribution is -0.123. The fourth-order valence-electron chi connectivity index (χ4n) is 1.77. The number of nitrogens with one attached hydrogen (secondary N) is 2. The van der Waals surface area contributed by atoms with Crippen LogP contribution in [0.3, 0.4) is 0 Å². The van der Waals surface area contributed by atoms with Crippen molar-refractivity contribution >= 4 is 17.0 Å². The summed E-state index contributed by atoms with van der Waals surface area (Å²) < 4.78 is 5.43. The van der Waals surface area contributed by atoms with E-state index in [1.54, 1.807) is 14.0 Å². The Morgan fingerprint density at radius 2 is 2.33 bits per heavy atom. The van der Waals surface area contributed by atoms with Crippen molar-refractivity contribution in [2.24, 2.45) is 5.73 Å². The second-order valence-electron chi connectivity index (χ2n) is 4.08. The molecule has 18 heavy (non-hydrogen) atoms. The van der Waals surface area contributed by atoms with Crippen molar-refractivity contribution in [2.75, 3.05) is 7.05 Å². The molecule has 0 radical (unpaired) electrons. The van der Waals surface area contributed by atoms with Gasteiger partial charge in [-0.3, -0.25) is 10.2 Å². The van der Waals surface area contributed by atoms with Crippen molar-refractivity contribution in [3.8, 4) is 0 Å². The summed E-state index contributed by atoms with van der Waals surface area (Å²) in [5.74, 6) is 0.380. The highest BCUT2D eigenvalue weighted by Gasteiger charge is 2.14. The lowest BCUT2D eigenvalue weighted by atomic mass is 10.1. The van der Waals surface area contributed by atoms with Crippen LogP contribution in [-0.2, 0) is 11.2 Å². The average molecular weight is 248 g/mol. The zero-order valence-electron chi connectivity index (χ0n) is 10.4. The molecule has 0 saturated carbocycles. The molecule has 1 heterocycles. The van der Waals surface area contributed by atoms with Crippen LogP contribution < -0.4 is 16.6 Å². The topological polar surface area (TPSA) is 93.2 Å². The van der Waals surface area contributed by atoms with Gasteiger partial charge in [-0.15, -0.1) is 0 Å². The van der Waals surface area contributed by atoms with Crippen LogP contribution in [0.1, 0.15) is 11.5 Å². The molecule has 0 bridgehead atoms. The van der Waals surface area contributed by atoms with Gasteiger partial charge < -0.3 is 10.2 Å². The monoisotopic (exact) mass is 248 g/mol. The number of rotatable bonds is 4. The normalized spacial score (nSPS) is 12.6. The predicted molar refractivity (Wildman–Crippen MR) is 67.6 cm³/mol. The first-order valence-corrected chi connectivity index (χ1v) is 5.68. The highest BCUT2D eigenvalue weighted by molar-refractivity contribution is 5.81. The predicted octanol–water partition coefficient (Wildman–Crippen LogP) is 0.257. The Kier molecular flexibility index (Phi) is 3.59. The molecule has 2 aromatic rings. The van der Waals surface area contributed by atoms with Gasteiger partial charge in [0.2, 0.25) is 0 Å². The van der Waals surface area contributed by atoms with Crippen LogP contribution in [-0.4, -0.2) is 24.0 Å². The maximum absolute atomic E-state index is 11.5. The summed E-state index contributed by atoms with van der Waals surface area (Å²) in [6.07, 6.45) is 0.448. The molecule has 1 unspecified atom stereocenters. The van der Waals surface area contributed by atoms with Gasteiger partial charge in [-0.05, 0) is 24.1 Å². The lowest BCUT2D eigenvalue weighted by Crippen LogP contribution is -2.46. The first-order chi connectivity index (χ1) is 8.60. The first kappa shape index (κ1) is 12.5. The van der Waals surface area contributed by atoms with E-state index in [-0.39, 0.29) is 5.91 Å². The molecule has 0 aliphatic heterocycles. The smallest absolute Gasteiger partial charge is 0.251 e. The van der Waals surface area contributed by atoms with E-state index < -0.39 is 6.04 Å². The van der Waals surface area contributed by atoms with E-state index in [1.165, 1.54) is 0 Å². The minimum atomic E-state index is -0.598. The van der Waals surface area contributed by atoms with Crippen LogP contribution in [0.2, 0.25) is 0 Å². The number of amides is 1. The average Bonchev–Trinajstić information content (AvgIpc) is 2.68. The highest BCUT2D eigenvalue weighted by atomic mass is 16.3. The van der Waals surface area contributed by atoms with Crippen LogP contribution in [0.5, 0.6) is 0 Å². The van der Waals surface area contributed by atoms with Gasteiger partial charge in [0.1, 0.15) is 5.52 Å². The summed E-state index contributed by atoms with van der Waals surface area (Å²) in [4.78, 5) is 15.7. The number of hydrazine groups is 1. The zero-order chi connectivity index (χ0) is 13.1. The van der Waals surface area contributed by atoms with Crippen LogP contribution in [0, 0.1) is 6.92 Å². The van der Waals surface area contributed by atoms with Gasteiger partial charge in [0.25, 0.3) is 5.91 Å². The van der Waals surface area contributed by atoms with Crippen molar-refractivity contribution in [3.05, 3.63) is 29.7 Å². The number of hydrogen-bond donors (Lipinski definition) is 3. The Hall–Kier alpha value is -1.92. The standard InChI is InChI=1S/C12H16N4O2/c1-7-15-10-4-3-8(6-11(10)18-7)5-9(13)12(17)16-14-2/h3-4,6,9,14H,5,13H2,1-2H3,(H,16,17). The number of nitrogens with zero attached hydrogens (tertiary/aromatic N) is 1. The molecule has 4 N–H and O–H groups in total. The molecule has 0 fully saturated rings. The van der Waals surface area contributed by atoms with Crippen molar-refractivity contribution in [1.82, 2.24) is 15.8 Å². The van der Waals surface area contributed by atoms with Gasteiger partial charge in [0.05, 0.1) is 6.04 Å². The van der Waals surface area contributed by atoms with Crippen molar-refractivity contribution in [2.45, 2.75) is 19.4 Å². The molecule has 1 amide bonds. The van der Waals surface area contributed by atoms with Crippen molar-refractivity contribution < 1.29 is 9.21 Å². The van der Waals surface area contributed by atoms with E-state index in [9.17, 15) is 4.79 Å². The van der Waals surface area contributed by atoms with Gasteiger partial charge >= 0.3 is 0 Å². The third-order valence-electron chi connectivity index (χ3n) is 2.60. The highest BCUT2D eigenvalue weighted by Crippen LogP contribution is 2.17. The molecule has 1 aromatic heterocycles. The summed E-state index contributed by atoms with van der Waals surface area (Å²) in [5, 5.41) is 0. The number of nitrogens with two attached hydrogens (primary N) is 1. The Morgan fingerprint density at radius 3 is 3.06 bits per heavy atom. The Bertz CT molecular complexity index is 564. The quantitative estimate of drug-likeness (QED) is 0.675. The van der Waals surface area contributed by atoms with Crippen LogP contribution in [0.4, 0.5) is 0 Å². The minimum Gasteiger partial charge on any atom is -0.441 e. The third-order valence-corrected chi connectivity index (χ3v) is 2.60. The fourth-order valence-corrected chi connectivity index (χ4v) is 1.77. The molecule has 2 rings (SSSR count).